The van der Waals surface area contributed by atoms with Gasteiger partial charge >= 0.3 is 0 Å². The molecule has 0 radical (unpaired) electrons. The van der Waals surface area contributed by atoms with Crippen molar-refractivity contribution in [2.45, 2.75) is 20.8 Å². The number of hydrogen-bond donors (Lipinski definition) is 0. The van der Waals surface area contributed by atoms with Gasteiger partial charge in [0.25, 0.3) is 5.91 Å². The molecule has 0 aliphatic carbocycles. The predicted octanol–water partition coefficient (Wildman–Crippen LogP) is 3.27. The summed E-state index contributed by atoms with van der Waals surface area (Å²) in [5.74, 6) is 0.00119. The molecule has 4 nitrogen and oxygen atoms in total. The Morgan fingerprint density at radius 3 is 2.19 bits per heavy atom. The number of rotatable bonds is 9. The molecule has 5 heteroatoms. The lowest BCUT2D eigenvalue weighted by atomic mass is 10.1. The molecule has 118 valence electrons. The Kier molecular flexibility index (Phi) is 8.57. The normalized spacial score (nSPS) is 10.7. The first-order valence-corrected chi connectivity index (χ1v) is 8.10. The van der Waals surface area contributed by atoms with Crippen LogP contribution in [0.5, 0.6) is 0 Å². The Morgan fingerprint density at radius 1 is 1.14 bits per heavy atom. The summed E-state index contributed by atoms with van der Waals surface area (Å²) in [7, 11) is 0. The molecule has 0 aliphatic rings. The maximum atomic E-state index is 12.7. The number of benzene rings is 1. The Hall–Kier alpha value is -0.910. The van der Waals surface area contributed by atoms with Crippen LogP contribution in [-0.4, -0.2) is 50.3 Å². The summed E-state index contributed by atoms with van der Waals surface area (Å²) in [5, 5.41) is 0. The van der Waals surface area contributed by atoms with Gasteiger partial charge in [0.15, 0.2) is 0 Å². The van der Waals surface area contributed by atoms with Crippen molar-refractivity contribution in [2.24, 2.45) is 0 Å². The van der Waals surface area contributed by atoms with Crippen LogP contribution >= 0.6 is 15.9 Å². The lowest BCUT2D eigenvalue weighted by molar-refractivity contribution is 0.0549. The first-order valence-electron chi connectivity index (χ1n) is 7.31. The fraction of sp³-hybridized carbons (Fsp3) is 0.562. The van der Waals surface area contributed by atoms with E-state index in [1.54, 1.807) is 4.90 Å². The first-order chi connectivity index (χ1) is 10.1. The van der Waals surface area contributed by atoms with Crippen molar-refractivity contribution in [3.8, 4) is 0 Å². The molecule has 21 heavy (non-hydrogen) atoms. The average molecular weight is 358 g/mol. The molecule has 1 rings (SSSR count). The molecule has 1 aromatic carbocycles. The lowest BCUT2D eigenvalue weighted by Gasteiger charge is -2.23. The van der Waals surface area contributed by atoms with Crippen LogP contribution in [0.1, 0.15) is 29.8 Å². The van der Waals surface area contributed by atoms with Gasteiger partial charge in [-0.05, 0) is 54.4 Å². The smallest absolute Gasteiger partial charge is 0.255 e. The van der Waals surface area contributed by atoms with E-state index in [4.69, 9.17) is 9.47 Å². The molecule has 0 aliphatic heterocycles. The van der Waals surface area contributed by atoms with Crippen LogP contribution in [0.15, 0.2) is 22.7 Å². The Morgan fingerprint density at radius 2 is 1.71 bits per heavy atom. The zero-order chi connectivity index (χ0) is 15.7. The van der Waals surface area contributed by atoms with Crippen LogP contribution in [0.3, 0.4) is 0 Å². The largest absolute Gasteiger partial charge is 0.380 e. The maximum absolute atomic E-state index is 12.7. The average Bonchev–Trinajstić information content (AvgIpc) is 2.45. The highest BCUT2D eigenvalue weighted by Gasteiger charge is 2.18. The van der Waals surface area contributed by atoms with Gasteiger partial charge in [0.1, 0.15) is 0 Å². The van der Waals surface area contributed by atoms with E-state index in [-0.39, 0.29) is 5.91 Å². The van der Waals surface area contributed by atoms with Gasteiger partial charge < -0.3 is 14.4 Å². The van der Waals surface area contributed by atoms with Crippen molar-refractivity contribution in [1.29, 1.82) is 0 Å². The van der Waals surface area contributed by atoms with E-state index in [1.165, 1.54) is 0 Å². The van der Waals surface area contributed by atoms with Crippen molar-refractivity contribution in [2.75, 3.05) is 39.5 Å². The van der Waals surface area contributed by atoms with E-state index in [1.807, 2.05) is 39.0 Å². The molecule has 1 amide bonds. The lowest BCUT2D eigenvalue weighted by Crippen LogP contribution is -2.37. The number of aryl methyl sites for hydroxylation is 1. The quantitative estimate of drug-likeness (QED) is 0.636. The standard InChI is InChI=1S/C16H24BrNO3/c1-4-20-10-8-18(9-11-21-5-2)16(19)14-7-6-13(3)12-15(14)17/h6-7,12H,4-5,8-11H2,1-3H3. The molecule has 0 saturated heterocycles. The second-order valence-electron chi connectivity index (χ2n) is 4.67. The van der Waals surface area contributed by atoms with E-state index >= 15 is 0 Å². The van der Waals surface area contributed by atoms with Crippen LogP contribution in [0, 0.1) is 6.92 Å². The molecule has 0 unspecified atom stereocenters. The van der Waals surface area contributed by atoms with E-state index < -0.39 is 0 Å². The van der Waals surface area contributed by atoms with Gasteiger partial charge in [-0.2, -0.15) is 0 Å². The Labute approximate surface area is 135 Å². The van der Waals surface area contributed by atoms with Gasteiger partial charge in [-0.15, -0.1) is 0 Å². The summed E-state index contributed by atoms with van der Waals surface area (Å²) in [6, 6.07) is 5.76. The van der Waals surface area contributed by atoms with Crippen LogP contribution in [0.4, 0.5) is 0 Å². The summed E-state index contributed by atoms with van der Waals surface area (Å²) >= 11 is 3.47. The summed E-state index contributed by atoms with van der Waals surface area (Å²) in [4.78, 5) is 14.4. The minimum atomic E-state index is 0.00119. The zero-order valence-corrected chi connectivity index (χ0v) is 14.6. The maximum Gasteiger partial charge on any atom is 0.255 e. The SMILES string of the molecule is CCOCCN(CCOCC)C(=O)c1ccc(C)cc1Br. The van der Waals surface area contributed by atoms with E-state index in [0.717, 1.165) is 10.0 Å². The molecule has 0 atom stereocenters. The molecule has 0 N–H and O–H groups in total. The third kappa shape index (κ3) is 6.16. The predicted molar refractivity (Wildman–Crippen MR) is 87.8 cm³/mol. The number of carbonyl (C=O) groups excluding carboxylic acids is 1. The molecule has 0 aromatic heterocycles. The summed E-state index contributed by atoms with van der Waals surface area (Å²) < 4.78 is 11.5. The second-order valence-corrected chi connectivity index (χ2v) is 5.52. The number of hydrogen-bond acceptors (Lipinski definition) is 3. The highest BCUT2D eigenvalue weighted by atomic mass is 79.9. The second kappa shape index (κ2) is 9.92. The molecule has 0 saturated carbocycles. The summed E-state index contributed by atoms with van der Waals surface area (Å²) in [5.41, 5.74) is 1.79. The topological polar surface area (TPSA) is 38.8 Å². The van der Waals surface area contributed by atoms with Crippen LogP contribution in [-0.2, 0) is 9.47 Å². The van der Waals surface area contributed by atoms with Crippen molar-refractivity contribution in [3.63, 3.8) is 0 Å². The summed E-state index contributed by atoms with van der Waals surface area (Å²) in [6.45, 7) is 9.42. The van der Waals surface area contributed by atoms with E-state index in [0.29, 0.717) is 45.1 Å². The number of halogens is 1. The molecule has 0 bridgehead atoms. The monoisotopic (exact) mass is 357 g/mol. The molecule has 0 spiro atoms. The van der Waals surface area contributed by atoms with Crippen LogP contribution < -0.4 is 0 Å². The van der Waals surface area contributed by atoms with Crippen molar-refractivity contribution >= 4 is 21.8 Å². The van der Waals surface area contributed by atoms with Gasteiger partial charge in [-0.1, -0.05) is 6.07 Å². The van der Waals surface area contributed by atoms with Gasteiger partial charge in [0.2, 0.25) is 0 Å². The van der Waals surface area contributed by atoms with Crippen molar-refractivity contribution in [3.05, 3.63) is 33.8 Å². The fourth-order valence-corrected chi connectivity index (χ4v) is 2.58. The third-order valence-corrected chi connectivity index (χ3v) is 3.72. The minimum absolute atomic E-state index is 0.00119. The number of ether oxygens (including phenoxy) is 2. The van der Waals surface area contributed by atoms with Crippen LogP contribution in [0.25, 0.3) is 0 Å². The molecular formula is C16H24BrNO3. The van der Waals surface area contributed by atoms with E-state index in [9.17, 15) is 4.79 Å². The third-order valence-electron chi connectivity index (χ3n) is 3.06. The first kappa shape index (κ1) is 18.1. The zero-order valence-electron chi connectivity index (χ0n) is 13.0. The van der Waals surface area contributed by atoms with Crippen LogP contribution in [0.2, 0.25) is 0 Å². The minimum Gasteiger partial charge on any atom is -0.380 e. The highest BCUT2D eigenvalue weighted by Crippen LogP contribution is 2.20. The molecule has 1 aromatic rings. The number of amides is 1. The summed E-state index contributed by atoms with van der Waals surface area (Å²) in [6.07, 6.45) is 0. The molecule has 0 fully saturated rings. The number of carbonyl (C=O) groups is 1. The van der Waals surface area contributed by atoms with E-state index in [2.05, 4.69) is 15.9 Å². The molecular weight excluding hydrogens is 334 g/mol. The Balaban J connectivity index is 2.76. The Bertz CT molecular complexity index is 441. The fourth-order valence-electron chi connectivity index (χ4n) is 1.92. The number of nitrogens with zero attached hydrogens (tertiary/aromatic N) is 1. The van der Waals surface area contributed by atoms with Gasteiger partial charge in [-0.25, -0.2) is 0 Å². The molecule has 0 heterocycles. The van der Waals surface area contributed by atoms with Crippen molar-refractivity contribution < 1.29 is 14.3 Å². The van der Waals surface area contributed by atoms with Gasteiger partial charge in [0, 0.05) is 30.8 Å². The van der Waals surface area contributed by atoms with Gasteiger partial charge in [-0.3, -0.25) is 4.79 Å². The highest BCUT2D eigenvalue weighted by molar-refractivity contribution is 9.10. The van der Waals surface area contributed by atoms with Gasteiger partial charge in [0.05, 0.1) is 18.8 Å². The van der Waals surface area contributed by atoms with Crippen molar-refractivity contribution in [1.82, 2.24) is 4.90 Å².